The first kappa shape index (κ1) is 26.8. The number of esters is 1. The molecule has 2 heterocycles. The van der Waals surface area contributed by atoms with E-state index in [1.165, 1.54) is 6.29 Å². The Morgan fingerprint density at radius 2 is 1.79 bits per heavy atom. The number of fused-ring (bicyclic) bond motifs is 5. The zero-order valence-electron chi connectivity index (χ0n) is 22.3. The van der Waals surface area contributed by atoms with E-state index >= 15 is 0 Å². The van der Waals surface area contributed by atoms with Gasteiger partial charge in [0.15, 0.2) is 6.29 Å². The van der Waals surface area contributed by atoms with Crippen LogP contribution in [-0.2, 0) is 23.8 Å². The van der Waals surface area contributed by atoms with Crippen molar-refractivity contribution in [2.75, 3.05) is 6.61 Å². The van der Waals surface area contributed by atoms with Crippen LogP contribution >= 0.6 is 0 Å². The van der Waals surface area contributed by atoms with Gasteiger partial charge in [-0.3, -0.25) is 0 Å². The number of ether oxygens (including phenoxy) is 3. The summed E-state index contributed by atoms with van der Waals surface area (Å²) in [5.74, 6) is 0.0678. The van der Waals surface area contributed by atoms with Gasteiger partial charge < -0.3 is 39.4 Å². The first-order valence-electron chi connectivity index (χ1n) is 14.4. The summed E-state index contributed by atoms with van der Waals surface area (Å²) in [6.45, 7) is 4.13. The Morgan fingerprint density at radius 1 is 1.00 bits per heavy atom. The summed E-state index contributed by atoms with van der Waals surface area (Å²) >= 11 is 0. The Labute approximate surface area is 223 Å². The lowest BCUT2D eigenvalue weighted by atomic mass is 9.43. The zero-order chi connectivity index (χ0) is 27.0. The molecule has 4 aliphatic carbocycles. The number of cyclic esters (lactones) is 1. The fourth-order valence-corrected chi connectivity index (χ4v) is 9.73. The average Bonchev–Trinajstić information content (AvgIpc) is 3.45. The van der Waals surface area contributed by atoms with Crippen LogP contribution in [0.3, 0.4) is 0 Å². The maximum atomic E-state index is 12.9. The largest absolute Gasteiger partial charge is 0.458 e. The molecular weight excluding hydrogens is 492 g/mol. The highest BCUT2D eigenvalue weighted by Crippen LogP contribution is 2.69. The molecule has 0 radical (unpaired) electrons. The van der Waals surface area contributed by atoms with E-state index in [2.05, 4.69) is 6.92 Å². The third kappa shape index (κ3) is 3.72. The molecule has 9 nitrogen and oxygen atoms in total. The third-order valence-electron chi connectivity index (χ3n) is 11.9. The van der Waals surface area contributed by atoms with Gasteiger partial charge in [-0.2, -0.15) is 0 Å². The van der Waals surface area contributed by atoms with Gasteiger partial charge in [-0.15, -0.1) is 0 Å². The van der Waals surface area contributed by atoms with Gasteiger partial charge in [0, 0.05) is 16.9 Å². The van der Waals surface area contributed by atoms with Crippen molar-refractivity contribution in [1.29, 1.82) is 0 Å². The first-order chi connectivity index (χ1) is 18.0. The van der Waals surface area contributed by atoms with Crippen LogP contribution in [0.1, 0.15) is 71.6 Å². The van der Waals surface area contributed by atoms with E-state index in [-0.39, 0.29) is 41.2 Å². The molecule has 4 saturated carbocycles. The number of hydrogen-bond acceptors (Lipinski definition) is 9. The molecule has 38 heavy (non-hydrogen) atoms. The first-order valence-corrected chi connectivity index (χ1v) is 14.4. The van der Waals surface area contributed by atoms with Gasteiger partial charge in [0.1, 0.15) is 31.2 Å². The molecule has 0 bridgehead atoms. The smallest absolute Gasteiger partial charge is 0.331 e. The second-order valence-corrected chi connectivity index (χ2v) is 13.2. The average molecular weight is 535 g/mol. The van der Waals surface area contributed by atoms with Gasteiger partial charge >= 0.3 is 5.97 Å². The van der Waals surface area contributed by atoms with Crippen LogP contribution < -0.4 is 0 Å². The minimum atomic E-state index is -1.34. The van der Waals surface area contributed by atoms with Gasteiger partial charge in [-0.25, -0.2) is 4.79 Å². The van der Waals surface area contributed by atoms with Crippen LogP contribution in [0.5, 0.6) is 0 Å². The molecule has 2 aliphatic heterocycles. The van der Waals surface area contributed by atoms with E-state index in [1.807, 2.05) is 0 Å². The number of rotatable bonds is 4. The van der Waals surface area contributed by atoms with Crippen molar-refractivity contribution in [3.63, 3.8) is 0 Å². The van der Waals surface area contributed by atoms with Crippen LogP contribution in [0.2, 0.25) is 0 Å². The lowest BCUT2D eigenvalue weighted by molar-refractivity contribution is -0.309. The Morgan fingerprint density at radius 3 is 2.50 bits per heavy atom. The van der Waals surface area contributed by atoms with E-state index in [0.717, 1.165) is 37.7 Å². The topological polar surface area (TPSA) is 143 Å². The van der Waals surface area contributed by atoms with Gasteiger partial charge in [-0.05, 0) is 94.0 Å². The molecule has 0 unspecified atom stereocenters. The van der Waals surface area contributed by atoms with Crippen molar-refractivity contribution in [2.45, 2.75) is 114 Å². The summed E-state index contributed by atoms with van der Waals surface area (Å²) in [5.41, 5.74) is -0.739. The molecule has 212 valence electrons. The fraction of sp³-hybridized carbons (Fsp3) is 0.862. The number of carbonyl (C=O) groups excluding carboxylic acids is 2. The summed E-state index contributed by atoms with van der Waals surface area (Å²) in [5, 5.41) is 42.9. The summed E-state index contributed by atoms with van der Waals surface area (Å²) in [6, 6.07) is 0. The van der Waals surface area contributed by atoms with Gasteiger partial charge in [0.05, 0.1) is 17.8 Å². The Bertz CT molecular complexity index is 999. The van der Waals surface area contributed by atoms with E-state index < -0.39 is 41.7 Å². The normalized spacial score (nSPS) is 54.4. The quantitative estimate of drug-likeness (QED) is 0.240. The minimum Gasteiger partial charge on any atom is -0.458 e. The molecule has 0 aromatic heterocycles. The molecule has 0 amide bonds. The van der Waals surface area contributed by atoms with Crippen LogP contribution in [0.4, 0.5) is 0 Å². The van der Waals surface area contributed by atoms with Gasteiger partial charge in [-0.1, -0.05) is 6.92 Å². The number of aliphatic hydroxyl groups is 4. The van der Waals surface area contributed by atoms with E-state index in [0.29, 0.717) is 32.3 Å². The monoisotopic (exact) mass is 534 g/mol. The predicted molar refractivity (Wildman–Crippen MR) is 133 cm³/mol. The molecule has 0 aromatic carbocycles. The molecule has 0 spiro atoms. The Hall–Kier alpha value is -1.36. The van der Waals surface area contributed by atoms with E-state index in [9.17, 15) is 30.0 Å². The second-order valence-electron chi connectivity index (χ2n) is 13.2. The van der Waals surface area contributed by atoms with Crippen LogP contribution in [0, 0.1) is 34.5 Å². The molecule has 4 N–H and O–H groups in total. The molecule has 1 saturated heterocycles. The Balaban J connectivity index is 1.19. The number of hydrogen-bond donors (Lipinski definition) is 4. The van der Waals surface area contributed by atoms with Crippen LogP contribution in [0.15, 0.2) is 11.6 Å². The van der Waals surface area contributed by atoms with Gasteiger partial charge in [0.2, 0.25) is 0 Å². The van der Waals surface area contributed by atoms with E-state index in [4.69, 9.17) is 14.2 Å². The fourth-order valence-electron chi connectivity index (χ4n) is 9.73. The van der Waals surface area contributed by atoms with Crippen molar-refractivity contribution in [1.82, 2.24) is 0 Å². The Kier molecular flexibility index (Phi) is 6.60. The zero-order valence-corrected chi connectivity index (χ0v) is 22.3. The lowest BCUT2D eigenvalue weighted by Gasteiger charge is -2.63. The second kappa shape index (κ2) is 9.35. The molecule has 0 aromatic rings. The van der Waals surface area contributed by atoms with E-state index in [1.54, 1.807) is 13.0 Å². The predicted octanol–water partition coefficient (Wildman–Crippen LogP) is 1.64. The number of aldehydes is 1. The number of aliphatic hydroxyl groups excluding tert-OH is 3. The van der Waals surface area contributed by atoms with Crippen molar-refractivity contribution in [3.8, 4) is 0 Å². The van der Waals surface area contributed by atoms with Crippen LogP contribution in [0.25, 0.3) is 0 Å². The standard InChI is InChI=1S/C29H42O9/c1-15-23(32)24(33)25(34)26(37-15)38-18-5-9-28(14-30)17(12-18)3-4-21-20(28)6-8-27(2)19(7-10-29(21,27)35)16-11-22(31)36-13-16/h11,14-15,17-21,23-26,32-35H,3-10,12-13H2,1-2H3/t15-,17-,18+,19-,20+,21-,23-,24+,25-,26+,27-,28-,29-/m1/s1. The van der Waals surface area contributed by atoms with Crippen LogP contribution in [-0.4, -0.2) is 81.7 Å². The van der Waals surface area contributed by atoms with Crippen molar-refractivity contribution >= 4 is 12.3 Å². The maximum Gasteiger partial charge on any atom is 0.331 e. The minimum absolute atomic E-state index is 0.0322. The van der Waals surface area contributed by atoms with Crippen molar-refractivity contribution in [2.24, 2.45) is 34.5 Å². The molecule has 13 atom stereocenters. The maximum absolute atomic E-state index is 12.9. The summed E-state index contributed by atoms with van der Waals surface area (Å²) in [4.78, 5) is 24.7. The third-order valence-corrected chi connectivity index (χ3v) is 11.9. The highest BCUT2D eigenvalue weighted by atomic mass is 16.7. The van der Waals surface area contributed by atoms with Crippen molar-refractivity contribution < 1.29 is 44.2 Å². The van der Waals surface area contributed by atoms with Gasteiger partial charge in [0.25, 0.3) is 0 Å². The SMILES string of the molecule is C[C@H]1O[C@@H](O[C@H]2CC[C@@]3(C=O)[C@H](CC[C@@H]4[C@@H]3CC[C@]3(C)[C@@H](C5=CC(=O)OC5)CC[C@@]43O)C2)[C@H](O)[C@@H](O)[C@@H]1O. The summed E-state index contributed by atoms with van der Waals surface area (Å²) in [6.07, 6.45) is 3.80. The highest BCUT2D eigenvalue weighted by Gasteiger charge is 2.68. The molecule has 6 aliphatic rings. The molecule has 6 rings (SSSR count). The molecule has 5 fully saturated rings. The lowest BCUT2D eigenvalue weighted by Crippen LogP contribution is -2.63. The molecule has 9 heteroatoms. The highest BCUT2D eigenvalue weighted by molar-refractivity contribution is 5.85. The number of carbonyl (C=O) groups is 2. The summed E-state index contributed by atoms with van der Waals surface area (Å²) in [7, 11) is 0. The summed E-state index contributed by atoms with van der Waals surface area (Å²) < 4.78 is 17.0. The van der Waals surface area contributed by atoms with Crippen molar-refractivity contribution in [3.05, 3.63) is 11.6 Å². The molecular formula is C29H42O9.